The average Bonchev–Trinajstić information content (AvgIpc) is 2.63. The third-order valence-electron chi connectivity index (χ3n) is 3.82. The van der Waals surface area contributed by atoms with E-state index in [2.05, 4.69) is 5.32 Å². The zero-order valence-electron chi connectivity index (χ0n) is 15.0. The van der Waals surface area contributed by atoms with Crippen molar-refractivity contribution < 1.29 is 17.9 Å². The number of carbonyl (C=O) groups is 1. The second-order valence-corrected chi connectivity index (χ2v) is 7.95. The summed E-state index contributed by atoms with van der Waals surface area (Å²) in [6.45, 7) is 2.61. The monoisotopic (exact) mass is 376 g/mol. The Bertz CT molecular complexity index is 805. The van der Waals surface area contributed by atoms with Crippen LogP contribution in [0.2, 0.25) is 0 Å². The largest absolute Gasteiger partial charge is 0.493 e. The molecule has 0 aliphatic carbocycles. The summed E-state index contributed by atoms with van der Waals surface area (Å²) in [5.74, 6) is 0.534. The first kappa shape index (κ1) is 19.9. The maximum atomic E-state index is 12.4. The van der Waals surface area contributed by atoms with Gasteiger partial charge < -0.3 is 10.1 Å². The van der Waals surface area contributed by atoms with Crippen molar-refractivity contribution >= 4 is 15.9 Å². The zero-order chi connectivity index (χ0) is 19.0. The number of rotatable bonds is 9. The van der Waals surface area contributed by atoms with E-state index in [9.17, 15) is 13.2 Å². The molecule has 7 heteroatoms. The maximum absolute atomic E-state index is 12.4. The minimum Gasteiger partial charge on any atom is -0.493 e. The highest BCUT2D eigenvalue weighted by Crippen LogP contribution is 2.14. The third-order valence-corrected chi connectivity index (χ3v) is 5.69. The molecule has 0 spiro atoms. The lowest BCUT2D eigenvalue weighted by Gasteiger charge is -2.17. The van der Waals surface area contributed by atoms with E-state index < -0.39 is 10.0 Å². The van der Waals surface area contributed by atoms with Gasteiger partial charge >= 0.3 is 0 Å². The molecular formula is C19H24N2O4S. The minimum absolute atomic E-state index is 0.179. The van der Waals surface area contributed by atoms with Gasteiger partial charge in [-0.2, -0.15) is 4.31 Å². The van der Waals surface area contributed by atoms with Gasteiger partial charge in [-0.25, -0.2) is 8.42 Å². The highest BCUT2D eigenvalue weighted by Gasteiger charge is 2.20. The van der Waals surface area contributed by atoms with Crippen molar-refractivity contribution in [2.45, 2.75) is 18.2 Å². The first-order valence-corrected chi connectivity index (χ1v) is 9.81. The van der Waals surface area contributed by atoms with Gasteiger partial charge in [0.15, 0.2) is 0 Å². The van der Waals surface area contributed by atoms with Crippen LogP contribution in [0.4, 0.5) is 0 Å². The molecule has 0 radical (unpaired) electrons. The van der Waals surface area contributed by atoms with Crippen LogP contribution in [-0.4, -0.2) is 45.4 Å². The summed E-state index contributed by atoms with van der Waals surface area (Å²) in [5, 5.41) is 2.71. The fraction of sp³-hybridized carbons (Fsp3) is 0.316. The molecule has 6 nitrogen and oxygen atoms in total. The minimum atomic E-state index is -3.55. The summed E-state index contributed by atoms with van der Waals surface area (Å²) < 4.78 is 31.6. The Morgan fingerprint density at radius 2 is 1.73 bits per heavy atom. The smallest absolute Gasteiger partial charge is 0.242 e. The number of sulfonamides is 1. The quantitative estimate of drug-likeness (QED) is 0.728. The highest BCUT2D eigenvalue weighted by molar-refractivity contribution is 7.89. The van der Waals surface area contributed by atoms with Crippen molar-refractivity contribution in [1.82, 2.24) is 9.62 Å². The molecule has 0 atom stereocenters. The number of amides is 1. The van der Waals surface area contributed by atoms with Crippen LogP contribution in [0.25, 0.3) is 0 Å². The van der Waals surface area contributed by atoms with Crippen LogP contribution in [0.15, 0.2) is 59.5 Å². The number of aryl methyl sites for hydroxylation is 1. The van der Waals surface area contributed by atoms with Crippen LogP contribution < -0.4 is 10.1 Å². The molecule has 1 amide bonds. The molecule has 0 aromatic heterocycles. The van der Waals surface area contributed by atoms with Crippen LogP contribution in [0.5, 0.6) is 5.75 Å². The van der Waals surface area contributed by atoms with Crippen LogP contribution >= 0.6 is 0 Å². The van der Waals surface area contributed by atoms with Crippen LogP contribution in [0, 0.1) is 6.92 Å². The number of hydrogen-bond donors (Lipinski definition) is 1. The van der Waals surface area contributed by atoms with Crippen molar-refractivity contribution in [1.29, 1.82) is 0 Å². The van der Waals surface area contributed by atoms with Gasteiger partial charge in [0, 0.05) is 20.1 Å². The number of benzene rings is 2. The molecule has 140 valence electrons. The van der Waals surface area contributed by atoms with E-state index in [1.807, 2.05) is 37.3 Å². The zero-order valence-corrected chi connectivity index (χ0v) is 15.8. The summed E-state index contributed by atoms with van der Waals surface area (Å²) in [7, 11) is -2.05. The number of likely N-dealkylation sites (N-methyl/N-ethyl adjacent to an activating group) is 1. The fourth-order valence-electron chi connectivity index (χ4n) is 2.23. The predicted octanol–water partition coefficient (Wildman–Crippen LogP) is 2.20. The predicted molar refractivity (Wildman–Crippen MR) is 101 cm³/mol. The Morgan fingerprint density at radius 3 is 2.38 bits per heavy atom. The van der Waals surface area contributed by atoms with E-state index in [1.165, 1.54) is 11.4 Å². The summed E-state index contributed by atoms with van der Waals surface area (Å²) in [6, 6.07) is 15.9. The van der Waals surface area contributed by atoms with Gasteiger partial charge in [-0.05, 0) is 31.2 Å². The van der Waals surface area contributed by atoms with E-state index in [0.29, 0.717) is 5.75 Å². The Hall–Kier alpha value is -2.38. The van der Waals surface area contributed by atoms with E-state index in [0.717, 1.165) is 5.56 Å². The van der Waals surface area contributed by atoms with Gasteiger partial charge in [-0.3, -0.25) is 4.79 Å². The molecule has 0 aliphatic rings. The molecule has 0 unspecified atom stereocenters. The number of nitrogens with zero attached hydrogens (tertiary/aromatic N) is 1. The molecule has 2 aromatic carbocycles. The second kappa shape index (κ2) is 9.35. The second-order valence-electron chi connectivity index (χ2n) is 5.90. The van der Waals surface area contributed by atoms with Crippen molar-refractivity contribution in [3.8, 4) is 5.75 Å². The number of para-hydroxylation sites is 1. The van der Waals surface area contributed by atoms with E-state index in [1.54, 1.807) is 24.3 Å². The lowest BCUT2D eigenvalue weighted by Crippen LogP contribution is -2.36. The summed E-state index contributed by atoms with van der Waals surface area (Å²) >= 11 is 0. The van der Waals surface area contributed by atoms with Gasteiger partial charge in [-0.1, -0.05) is 35.9 Å². The molecule has 0 aliphatic heterocycles. The normalized spacial score (nSPS) is 11.3. The maximum Gasteiger partial charge on any atom is 0.242 e. The standard InChI is InChI=1S/C19H24N2O4S/c1-16-8-10-18(11-9-16)26(23,24)21(2)14-13-20-19(22)12-15-25-17-6-4-3-5-7-17/h3-11H,12-15H2,1-2H3,(H,20,22). The molecule has 0 heterocycles. The van der Waals surface area contributed by atoms with Crippen LogP contribution in [-0.2, 0) is 14.8 Å². The molecule has 26 heavy (non-hydrogen) atoms. The van der Waals surface area contributed by atoms with Gasteiger partial charge in [0.05, 0.1) is 17.9 Å². The molecule has 0 saturated heterocycles. The van der Waals surface area contributed by atoms with Crippen LogP contribution in [0.3, 0.4) is 0 Å². The Labute approximate surface area is 154 Å². The molecule has 0 bridgehead atoms. The summed E-state index contributed by atoms with van der Waals surface area (Å²) in [4.78, 5) is 12.1. The van der Waals surface area contributed by atoms with Crippen molar-refractivity contribution in [3.05, 3.63) is 60.2 Å². The summed E-state index contributed by atoms with van der Waals surface area (Å²) in [5.41, 5.74) is 0.997. The van der Waals surface area contributed by atoms with Crippen molar-refractivity contribution in [2.24, 2.45) is 0 Å². The Kier molecular flexibility index (Phi) is 7.17. The third kappa shape index (κ3) is 5.86. The fourth-order valence-corrected chi connectivity index (χ4v) is 3.40. The van der Waals surface area contributed by atoms with Crippen molar-refractivity contribution in [3.63, 3.8) is 0 Å². The van der Waals surface area contributed by atoms with E-state index >= 15 is 0 Å². The Balaban J connectivity index is 1.72. The molecule has 2 rings (SSSR count). The molecular weight excluding hydrogens is 352 g/mol. The number of carbonyl (C=O) groups excluding carboxylic acids is 1. The number of hydrogen-bond acceptors (Lipinski definition) is 4. The molecule has 1 N–H and O–H groups in total. The Morgan fingerprint density at radius 1 is 1.08 bits per heavy atom. The lowest BCUT2D eigenvalue weighted by molar-refractivity contribution is -0.121. The van der Waals surface area contributed by atoms with Gasteiger partial charge in [0.25, 0.3) is 0 Å². The SMILES string of the molecule is Cc1ccc(S(=O)(=O)N(C)CCNC(=O)CCOc2ccccc2)cc1. The topological polar surface area (TPSA) is 75.7 Å². The van der Waals surface area contributed by atoms with Gasteiger partial charge in [0.1, 0.15) is 5.75 Å². The first-order valence-electron chi connectivity index (χ1n) is 8.37. The summed E-state index contributed by atoms with van der Waals surface area (Å²) in [6.07, 6.45) is 0.212. The van der Waals surface area contributed by atoms with E-state index in [-0.39, 0.29) is 36.9 Å². The molecule has 2 aromatic rings. The van der Waals surface area contributed by atoms with Crippen molar-refractivity contribution in [2.75, 3.05) is 26.7 Å². The molecule has 0 saturated carbocycles. The number of ether oxygens (including phenoxy) is 1. The van der Waals surface area contributed by atoms with Gasteiger partial charge in [0.2, 0.25) is 15.9 Å². The van der Waals surface area contributed by atoms with Crippen LogP contribution in [0.1, 0.15) is 12.0 Å². The average molecular weight is 376 g/mol. The van der Waals surface area contributed by atoms with E-state index in [4.69, 9.17) is 4.74 Å². The number of nitrogens with one attached hydrogen (secondary N) is 1. The highest BCUT2D eigenvalue weighted by atomic mass is 32.2. The van der Waals surface area contributed by atoms with Gasteiger partial charge in [-0.15, -0.1) is 0 Å². The lowest BCUT2D eigenvalue weighted by atomic mass is 10.2. The molecule has 0 fully saturated rings. The first-order chi connectivity index (χ1) is 12.4.